The van der Waals surface area contributed by atoms with Crippen LogP contribution in [0.25, 0.3) is 0 Å². The second kappa shape index (κ2) is 11.7. The molecule has 1 aromatic carbocycles. The van der Waals surface area contributed by atoms with E-state index in [0.29, 0.717) is 43.9 Å². The Hall–Kier alpha value is -3.14. The van der Waals surface area contributed by atoms with Gasteiger partial charge in [-0.3, -0.25) is 19.2 Å². The van der Waals surface area contributed by atoms with Crippen LogP contribution in [0.1, 0.15) is 42.5 Å². The first kappa shape index (κ1) is 25.9. The lowest BCUT2D eigenvalue weighted by Crippen LogP contribution is -2.50. The minimum atomic E-state index is -0.845. The van der Waals surface area contributed by atoms with Crippen molar-refractivity contribution in [3.05, 3.63) is 29.8 Å². The highest BCUT2D eigenvalue weighted by molar-refractivity contribution is 6.00. The molecule has 1 aromatic rings. The van der Waals surface area contributed by atoms with Crippen LogP contribution in [0.15, 0.2) is 24.3 Å². The first-order valence-corrected chi connectivity index (χ1v) is 12.9. The molecule has 0 aromatic heterocycles. The number of amides is 4. The molecule has 0 saturated carbocycles. The number of ether oxygens (including phenoxy) is 1. The summed E-state index contributed by atoms with van der Waals surface area (Å²) in [5.74, 6) is -0.465. The zero-order valence-corrected chi connectivity index (χ0v) is 21.3. The molecule has 4 rings (SSSR count). The molecule has 2 fully saturated rings. The highest BCUT2D eigenvalue weighted by Crippen LogP contribution is 2.23. The van der Waals surface area contributed by atoms with Crippen molar-refractivity contribution in [2.24, 2.45) is 0 Å². The number of likely N-dealkylation sites (N-methyl/N-ethyl adjacent to an activating group) is 2. The van der Waals surface area contributed by atoms with Crippen molar-refractivity contribution in [3.63, 3.8) is 0 Å². The fourth-order valence-corrected chi connectivity index (χ4v) is 5.15. The van der Waals surface area contributed by atoms with Gasteiger partial charge in [-0.1, -0.05) is 12.1 Å². The van der Waals surface area contributed by atoms with Gasteiger partial charge in [0, 0.05) is 39.6 Å². The summed E-state index contributed by atoms with van der Waals surface area (Å²) >= 11 is 0. The molecule has 36 heavy (non-hydrogen) atoms. The first-order valence-electron chi connectivity index (χ1n) is 12.9. The van der Waals surface area contributed by atoms with E-state index < -0.39 is 18.0 Å². The summed E-state index contributed by atoms with van der Waals surface area (Å²) < 4.78 is 5.89. The van der Waals surface area contributed by atoms with Crippen molar-refractivity contribution in [1.82, 2.24) is 24.9 Å². The SMILES string of the molecule is CN1CCCN(C(=O)[C@@H]2CCC(=O)N3CCC[C@@H]3C(=O)N(C)CCOc3ccccc3C(=O)N2)CC1. The van der Waals surface area contributed by atoms with Crippen LogP contribution in [-0.4, -0.2) is 115 Å². The molecule has 0 unspecified atom stereocenters. The van der Waals surface area contributed by atoms with Gasteiger partial charge < -0.3 is 29.7 Å². The Kier molecular flexibility index (Phi) is 8.45. The second-order valence-corrected chi connectivity index (χ2v) is 9.90. The van der Waals surface area contributed by atoms with E-state index in [-0.39, 0.29) is 37.2 Å². The zero-order chi connectivity index (χ0) is 25.7. The number of rotatable bonds is 1. The molecule has 3 aliphatic heterocycles. The van der Waals surface area contributed by atoms with Gasteiger partial charge in [0.05, 0.1) is 12.1 Å². The highest BCUT2D eigenvalue weighted by atomic mass is 16.5. The number of hydrogen-bond acceptors (Lipinski definition) is 6. The van der Waals surface area contributed by atoms with Crippen molar-refractivity contribution in [2.45, 2.75) is 44.2 Å². The predicted octanol–water partition coefficient (Wildman–Crippen LogP) is 0.571. The normalized spacial score (nSPS) is 25.2. The van der Waals surface area contributed by atoms with E-state index >= 15 is 0 Å². The number of fused-ring (bicyclic) bond motifs is 2. The molecule has 0 bridgehead atoms. The molecule has 3 aliphatic rings. The summed E-state index contributed by atoms with van der Waals surface area (Å²) in [6, 6.07) is 5.54. The van der Waals surface area contributed by atoms with E-state index in [1.807, 2.05) is 7.05 Å². The summed E-state index contributed by atoms with van der Waals surface area (Å²) in [4.78, 5) is 60.4. The number of nitrogens with zero attached hydrogens (tertiary/aromatic N) is 4. The van der Waals surface area contributed by atoms with Gasteiger partial charge in [0.1, 0.15) is 24.4 Å². The third-order valence-electron chi connectivity index (χ3n) is 7.33. The van der Waals surface area contributed by atoms with Gasteiger partial charge in [-0.2, -0.15) is 0 Å². The lowest BCUT2D eigenvalue weighted by atomic mass is 10.1. The Labute approximate surface area is 212 Å². The van der Waals surface area contributed by atoms with Crippen LogP contribution in [-0.2, 0) is 14.4 Å². The molecule has 1 N–H and O–H groups in total. The summed E-state index contributed by atoms with van der Waals surface area (Å²) in [5.41, 5.74) is 0.321. The van der Waals surface area contributed by atoms with Crippen molar-refractivity contribution >= 4 is 23.6 Å². The molecule has 0 spiro atoms. The van der Waals surface area contributed by atoms with E-state index in [1.165, 1.54) is 0 Å². The van der Waals surface area contributed by atoms with Gasteiger partial charge in [-0.15, -0.1) is 0 Å². The molecule has 0 aliphatic carbocycles. The third-order valence-corrected chi connectivity index (χ3v) is 7.33. The van der Waals surface area contributed by atoms with Gasteiger partial charge in [-0.25, -0.2) is 0 Å². The minimum absolute atomic E-state index is 0.0794. The molecule has 196 valence electrons. The summed E-state index contributed by atoms with van der Waals surface area (Å²) in [6.45, 7) is 3.90. The Bertz CT molecular complexity index is 985. The van der Waals surface area contributed by atoms with Crippen LogP contribution in [0.3, 0.4) is 0 Å². The van der Waals surface area contributed by atoms with Crippen LogP contribution in [0.4, 0.5) is 0 Å². The molecular weight excluding hydrogens is 462 g/mol. The minimum Gasteiger partial charge on any atom is -0.491 e. The molecule has 2 saturated heterocycles. The van der Waals surface area contributed by atoms with Crippen LogP contribution >= 0.6 is 0 Å². The number of carbonyl (C=O) groups is 4. The molecule has 3 heterocycles. The number of nitrogens with one attached hydrogen (secondary N) is 1. The molecule has 0 radical (unpaired) electrons. The molecule has 2 atom stereocenters. The van der Waals surface area contributed by atoms with Crippen molar-refractivity contribution < 1.29 is 23.9 Å². The van der Waals surface area contributed by atoms with Crippen LogP contribution in [0.2, 0.25) is 0 Å². The molecular formula is C26H37N5O5. The topological polar surface area (TPSA) is 102 Å². The maximum atomic E-state index is 13.6. The fraction of sp³-hybridized carbons (Fsp3) is 0.615. The fourth-order valence-electron chi connectivity index (χ4n) is 5.15. The van der Waals surface area contributed by atoms with Crippen LogP contribution in [0.5, 0.6) is 5.75 Å². The van der Waals surface area contributed by atoms with E-state index in [1.54, 1.807) is 46.0 Å². The van der Waals surface area contributed by atoms with Gasteiger partial charge in [0.15, 0.2) is 0 Å². The number of para-hydroxylation sites is 1. The third kappa shape index (κ3) is 5.98. The molecule has 10 nitrogen and oxygen atoms in total. The number of benzene rings is 1. The Balaban J connectivity index is 1.60. The second-order valence-electron chi connectivity index (χ2n) is 9.90. The maximum absolute atomic E-state index is 13.6. The lowest BCUT2D eigenvalue weighted by molar-refractivity contribution is -0.143. The zero-order valence-electron chi connectivity index (χ0n) is 21.3. The summed E-state index contributed by atoms with van der Waals surface area (Å²) in [5, 5.41) is 2.90. The molecule has 4 amide bonds. The van der Waals surface area contributed by atoms with Gasteiger partial charge >= 0.3 is 0 Å². The van der Waals surface area contributed by atoms with Crippen LogP contribution < -0.4 is 10.1 Å². The van der Waals surface area contributed by atoms with Gasteiger partial charge in [0.25, 0.3) is 5.91 Å². The average molecular weight is 500 g/mol. The highest BCUT2D eigenvalue weighted by Gasteiger charge is 2.37. The quantitative estimate of drug-likeness (QED) is 0.606. The Morgan fingerprint density at radius 3 is 2.58 bits per heavy atom. The number of hydrogen-bond donors (Lipinski definition) is 1. The standard InChI is InChI=1S/C26H37N5O5/c1-28-12-6-13-30(16-15-28)25(34)20-10-11-23(32)31-14-5-8-21(31)26(35)29(2)17-18-36-22-9-4-3-7-19(22)24(33)27-20/h3-4,7,9,20-21H,5-6,8,10-18H2,1-2H3,(H,27,33)/t20-,21+/m0/s1. The first-order chi connectivity index (χ1) is 17.3. The van der Waals surface area contributed by atoms with E-state index in [2.05, 4.69) is 10.2 Å². The van der Waals surface area contributed by atoms with Gasteiger partial charge in [0.2, 0.25) is 17.7 Å². The van der Waals surface area contributed by atoms with Crippen molar-refractivity contribution in [3.8, 4) is 5.75 Å². The lowest BCUT2D eigenvalue weighted by Gasteiger charge is -2.29. The molecule has 10 heteroatoms. The van der Waals surface area contributed by atoms with E-state index in [4.69, 9.17) is 4.74 Å². The monoisotopic (exact) mass is 499 g/mol. The Morgan fingerprint density at radius 1 is 0.944 bits per heavy atom. The largest absolute Gasteiger partial charge is 0.491 e. The van der Waals surface area contributed by atoms with Gasteiger partial charge in [-0.05, 0) is 51.4 Å². The smallest absolute Gasteiger partial charge is 0.255 e. The maximum Gasteiger partial charge on any atom is 0.255 e. The van der Waals surface area contributed by atoms with Crippen LogP contribution in [0, 0.1) is 0 Å². The van der Waals surface area contributed by atoms with E-state index in [9.17, 15) is 19.2 Å². The summed E-state index contributed by atoms with van der Waals surface area (Å²) in [7, 11) is 3.73. The Morgan fingerprint density at radius 2 is 1.75 bits per heavy atom. The van der Waals surface area contributed by atoms with E-state index in [0.717, 1.165) is 25.9 Å². The van der Waals surface area contributed by atoms with Crippen molar-refractivity contribution in [1.29, 1.82) is 0 Å². The average Bonchev–Trinajstić information content (AvgIpc) is 3.27. The number of carbonyl (C=O) groups excluding carboxylic acids is 4. The summed E-state index contributed by atoms with van der Waals surface area (Å²) in [6.07, 6.45) is 2.49. The predicted molar refractivity (Wildman–Crippen MR) is 133 cm³/mol. The van der Waals surface area contributed by atoms with Crippen molar-refractivity contribution in [2.75, 3.05) is 60.0 Å².